The molecule has 2 aromatic rings. The van der Waals surface area contributed by atoms with Crippen molar-refractivity contribution in [2.24, 2.45) is 0 Å². The van der Waals surface area contributed by atoms with E-state index in [0.717, 1.165) is 11.1 Å². The van der Waals surface area contributed by atoms with Gasteiger partial charge in [-0.05, 0) is 11.1 Å². The van der Waals surface area contributed by atoms with E-state index in [1.807, 2.05) is 73.7 Å². The summed E-state index contributed by atoms with van der Waals surface area (Å²) in [7, 11) is 0. The maximum Gasteiger partial charge on any atom is 0.233 e. The number of benzene rings is 2. The molecule has 2 rings (SSSR count). The lowest BCUT2D eigenvalue weighted by Gasteiger charge is -2.26. The second-order valence-electron chi connectivity index (χ2n) is 5.18. The van der Waals surface area contributed by atoms with Crippen LogP contribution in [0.2, 0.25) is 0 Å². The molecule has 1 amide bonds. The van der Waals surface area contributed by atoms with E-state index in [-0.39, 0.29) is 18.1 Å². The lowest BCUT2D eigenvalue weighted by molar-refractivity contribution is -0.122. The minimum atomic E-state index is -0.227. The molecule has 0 spiro atoms. The van der Waals surface area contributed by atoms with E-state index < -0.39 is 0 Å². The molecule has 0 aliphatic heterocycles. The fourth-order valence-electron chi connectivity index (χ4n) is 2.25. The molecule has 0 saturated heterocycles. The fourth-order valence-corrected chi connectivity index (χ4v) is 2.25. The molecule has 0 heterocycles. The maximum atomic E-state index is 11.6. The molecule has 2 atom stereocenters. The van der Waals surface area contributed by atoms with Crippen LogP contribution in [0.1, 0.15) is 36.7 Å². The highest BCUT2D eigenvalue weighted by atomic mass is 16.2. The third-order valence-electron chi connectivity index (χ3n) is 3.55. The van der Waals surface area contributed by atoms with Crippen LogP contribution in [0.3, 0.4) is 0 Å². The summed E-state index contributed by atoms with van der Waals surface area (Å²) < 4.78 is 0. The topological polar surface area (TPSA) is 53.2 Å². The number of carbonyl (C=O) groups excluding carboxylic acids is 1. The molecule has 3 N–H and O–H groups in total. The lowest BCUT2D eigenvalue weighted by atomic mass is 10.1. The van der Waals surface area contributed by atoms with Crippen LogP contribution in [0.5, 0.6) is 0 Å². The lowest BCUT2D eigenvalue weighted by Crippen LogP contribution is -2.46. The van der Waals surface area contributed by atoms with Crippen molar-refractivity contribution in [3.63, 3.8) is 0 Å². The van der Waals surface area contributed by atoms with Crippen molar-refractivity contribution in [2.45, 2.75) is 25.6 Å². The van der Waals surface area contributed by atoms with Gasteiger partial charge in [-0.3, -0.25) is 15.5 Å². The van der Waals surface area contributed by atoms with E-state index in [1.54, 1.807) is 0 Å². The summed E-state index contributed by atoms with van der Waals surface area (Å²) in [6.45, 7) is 5.74. The third-order valence-corrected chi connectivity index (χ3v) is 3.55. The van der Waals surface area contributed by atoms with Crippen molar-refractivity contribution in [2.75, 3.05) is 0 Å². The van der Waals surface area contributed by atoms with Gasteiger partial charge in [0.1, 0.15) is 6.17 Å². The molecule has 2 aromatic carbocycles. The monoisotopic (exact) mass is 309 g/mol. The quantitative estimate of drug-likeness (QED) is 0.399. The number of hydrogen-bond donors (Lipinski definition) is 3. The van der Waals surface area contributed by atoms with Crippen molar-refractivity contribution in [3.8, 4) is 0 Å². The summed E-state index contributed by atoms with van der Waals surface area (Å²) in [5.74, 6) is -0.0532. The van der Waals surface area contributed by atoms with Gasteiger partial charge in [0.2, 0.25) is 5.91 Å². The van der Waals surface area contributed by atoms with Gasteiger partial charge in [-0.25, -0.2) is 5.43 Å². The standard InChI is InChI=1S/C19H23N3O/c1-3-17(15-11-7-5-8-12-15)20-19(22-21-18(23)4-2)16-13-9-6-10-14-16/h3,5-14,17,19-20,22H,1,4H2,2H3,(H,21,23). The van der Waals surface area contributed by atoms with Gasteiger partial charge in [-0.1, -0.05) is 73.7 Å². The Bertz CT molecular complexity index is 613. The van der Waals surface area contributed by atoms with Crippen molar-refractivity contribution < 1.29 is 4.79 Å². The Kier molecular flexibility index (Phi) is 6.54. The average molecular weight is 309 g/mol. The first-order valence-corrected chi connectivity index (χ1v) is 7.77. The molecule has 0 aromatic heterocycles. The summed E-state index contributed by atoms with van der Waals surface area (Å²) in [6, 6.07) is 20.0. The molecule has 4 heteroatoms. The predicted octanol–water partition coefficient (Wildman–Crippen LogP) is 3.23. The summed E-state index contributed by atoms with van der Waals surface area (Å²) in [4.78, 5) is 11.6. The van der Waals surface area contributed by atoms with E-state index in [9.17, 15) is 4.79 Å². The third kappa shape index (κ3) is 5.06. The molecule has 4 nitrogen and oxygen atoms in total. The van der Waals surface area contributed by atoms with Crippen molar-refractivity contribution in [1.82, 2.24) is 16.2 Å². The van der Waals surface area contributed by atoms with Gasteiger partial charge < -0.3 is 0 Å². The molecule has 2 unspecified atom stereocenters. The zero-order valence-electron chi connectivity index (χ0n) is 13.3. The molecule has 0 radical (unpaired) electrons. The molecular weight excluding hydrogens is 286 g/mol. The molecular formula is C19H23N3O. The number of hydrogen-bond acceptors (Lipinski definition) is 3. The van der Waals surface area contributed by atoms with Gasteiger partial charge in [-0.15, -0.1) is 6.58 Å². The highest BCUT2D eigenvalue weighted by Crippen LogP contribution is 2.18. The first-order chi connectivity index (χ1) is 11.2. The van der Waals surface area contributed by atoms with Crippen LogP contribution in [0.4, 0.5) is 0 Å². The summed E-state index contributed by atoms with van der Waals surface area (Å²) in [6.07, 6.45) is 2.06. The van der Waals surface area contributed by atoms with Crippen LogP contribution in [-0.2, 0) is 4.79 Å². The van der Waals surface area contributed by atoms with Crippen LogP contribution in [-0.4, -0.2) is 5.91 Å². The second kappa shape index (κ2) is 8.88. The van der Waals surface area contributed by atoms with Gasteiger partial charge >= 0.3 is 0 Å². The number of hydrazine groups is 1. The maximum absolute atomic E-state index is 11.6. The SMILES string of the molecule is C=CC(NC(NNC(=O)CC)c1ccccc1)c1ccccc1. The molecule has 120 valence electrons. The molecule has 0 aliphatic carbocycles. The Balaban J connectivity index is 2.16. The van der Waals surface area contributed by atoms with Gasteiger partial charge in [0.15, 0.2) is 0 Å². The zero-order valence-corrected chi connectivity index (χ0v) is 13.3. The highest BCUT2D eigenvalue weighted by molar-refractivity contribution is 5.74. The number of nitrogens with one attached hydrogen (secondary N) is 3. The fraction of sp³-hybridized carbons (Fsp3) is 0.211. The minimum absolute atomic E-state index is 0.0348. The first kappa shape index (κ1) is 16.9. The summed E-state index contributed by atoms with van der Waals surface area (Å²) in [5, 5.41) is 3.47. The predicted molar refractivity (Wildman–Crippen MR) is 93.3 cm³/mol. The van der Waals surface area contributed by atoms with E-state index in [2.05, 4.69) is 22.7 Å². The molecule has 0 bridgehead atoms. The Morgan fingerprint density at radius 2 is 1.61 bits per heavy atom. The number of carbonyl (C=O) groups is 1. The van der Waals surface area contributed by atoms with Crippen LogP contribution in [0.15, 0.2) is 73.3 Å². The van der Waals surface area contributed by atoms with Gasteiger partial charge in [0, 0.05) is 6.42 Å². The van der Waals surface area contributed by atoms with Crippen LogP contribution in [0.25, 0.3) is 0 Å². The van der Waals surface area contributed by atoms with Crippen molar-refractivity contribution in [3.05, 3.63) is 84.4 Å². The van der Waals surface area contributed by atoms with Gasteiger partial charge in [0.25, 0.3) is 0 Å². The minimum Gasteiger partial charge on any atom is -0.290 e. The highest BCUT2D eigenvalue weighted by Gasteiger charge is 2.16. The van der Waals surface area contributed by atoms with E-state index >= 15 is 0 Å². The van der Waals surface area contributed by atoms with Crippen molar-refractivity contribution >= 4 is 5.91 Å². The first-order valence-electron chi connectivity index (χ1n) is 7.77. The normalized spacial score (nSPS) is 13.1. The van der Waals surface area contributed by atoms with Gasteiger partial charge in [-0.2, -0.15) is 0 Å². The summed E-state index contributed by atoms with van der Waals surface area (Å²) in [5.41, 5.74) is 7.94. The zero-order chi connectivity index (χ0) is 16.5. The molecule has 0 fully saturated rings. The van der Waals surface area contributed by atoms with Crippen molar-refractivity contribution in [1.29, 1.82) is 0 Å². The number of rotatable bonds is 8. The van der Waals surface area contributed by atoms with Crippen LogP contribution in [0, 0.1) is 0 Å². The number of amides is 1. The van der Waals surface area contributed by atoms with Crippen LogP contribution < -0.4 is 16.2 Å². The largest absolute Gasteiger partial charge is 0.290 e. The van der Waals surface area contributed by atoms with E-state index in [1.165, 1.54) is 0 Å². The Morgan fingerprint density at radius 3 is 2.13 bits per heavy atom. The van der Waals surface area contributed by atoms with E-state index in [4.69, 9.17) is 0 Å². The summed E-state index contributed by atoms with van der Waals surface area (Å²) >= 11 is 0. The Morgan fingerprint density at radius 1 is 1.04 bits per heavy atom. The van der Waals surface area contributed by atoms with Crippen LogP contribution >= 0.6 is 0 Å². The average Bonchev–Trinajstić information content (AvgIpc) is 2.63. The second-order valence-corrected chi connectivity index (χ2v) is 5.18. The smallest absolute Gasteiger partial charge is 0.233 e. The Hall–Kier alpha value is -2.43. The van der Waals surface area contributed by atoms with Gasteiger partial charge in [0.05, 0.1) is 6.04 Å². The Labute approximate surface area is 137 Å². The molecule has 23 heavy (non-hydrogen) atoms. The molecule has 0 aliphatic rings. The van der Waals surface area contributed by atoms with E-state index in [0.29, 0.717) is 6.42 Å². The molecule has 0 saturated carbocycles.